The largest absolute Gasteiger partial charge is 0.381 e. The van der Waals surface area contributed by atoms with Gasteiger partial charge in [0.1, 0.15) is 14.2 Å². The highest BCUT2D eigenvalue weighted by Gasteiger charge is 2.26. The van der Waals surface area contributed by atoms with Crippen molar-refractivity contribution in [3.8, 4) is 11.5 Å². The molecule has 0 aromatic rings. The molecule has 0 aliphatic carbocycles. The molecule has 0 aliphatic rings. The first-order valence-electron chi connectivity index (χ1n) is 5.13. The molecule has 0 aromatic carbocycles. The average Bonchev–Trinajstić information content (AvgIpc) is 2.16. The Hall–Kier alpha value is -1.04. The van der Waals surface area contributed by atoms with Crippen molar-refractivity contribution in [3.05, 3.63) is 38.0 Å². The molecule has 1 N–H and O–H groups in total. The molecule has 0 fully saturated rings. The molecule has 0 spiro atoms. The lowest BCUT2D eigenvalue weighted by atomic mass is 10.4. The first-order valence-corrected chi connectivity index (χ1v) is 7.76. The van der Waals surface area contributed by atoms with Gasteiger partial charge >= 0.3 is 0 Å². The lowest BCUT2D eigenvalue weighted by Gasteiger charge is -2.21. The SMILES string of the molecule is C=CC[Si](C#C[C@H](C)O)(CC=C)CC=C. The van der Waals surface area contributed by atoms with Crippen LogP contribution in [0, 0.1) is 11.5 Å². The zero-order chi connectivity index (χ0) is 11.7. The van der Waals surface area contributed by atoms with Gasteiger partial charge in [-0.2, -0.15) is 0 Å². The Labute approximate surface area is 94.2 Å². The molecule has 2 heteroatoms. The summed E-state index contributed by atoms with van der Waals surface area (Å²) in [6, 6.07) is 2.76. The Bertz CT molecular complexity index is 254. The molecule has 0 unspecified atom stereocenters. The molecule has 0 saturated heterocycles. The van der Waals surface area contributed by atoms with Crippen molar-refractivity contribution in [2.24, 2.45) is 0 Å². The molecule has 1 nitrogen and oxygen atoms in total. The summed E-state index contributed by atoms with van der Waals surface area (Å²) in [5, 5.41) is 9.19. The van der Waals surface area contributed by atoms with Gasteiger partial charge in [0, 0.05) is 0 Å². The van der Waals surface area contributed by atoms with Crippen LogP contribution in [-0.4, -0.2) is 19.3 Å². The molecule has 1 atom stereocenters. The smallest absolute Gasteiger partial charge is 0.149 e. The maximum Gasteiger partial charge on any atom is 0.149 e. The maximum atomic E-state index is 9.19. The summed E-state index contributed by atoms with van der Waals surface area (Å²) < 4.78 is 0. The summed E-state index contributed by atoms with van der Waals surface area (Å²) in [5.74, 6) is 2.86. The van der Waals surface area contributed by atoms with Crippen molar-refractivity contribution in [1.29, 1.82) is 0 Å². The highest BCUT2D eigenvalue weighted by Crippen LogP contribution is 2.21. The predicted octanol–water partition coefficient (Wildman–Crippen LogP) is 2.92. The number of hydrogen-bond donors (Lipinski definition) is 1. The molecule has 0 amide bonds. The molecule has 0 saturated carbocycles. The van der Waals surface area contributed by atoms with Crippen LogP contribution in [0.5, 0.6) is 0 Å². The number of rotatable bonds is 6. The summed E-state index contributed by atoms with van der Waals surface area (Å²) >= 11 is 0. The molecule has 0 aromatic heterocycles. The van der Waals surface area contributed by atoms with Crippen LogP contribution >= 0.6 is 0 Å². The Balaban J connectivity index is 4.92. The van der Waals surface area contributed by atoms with E-state index in [1.807, 2.05) is 18.2 Å². The highest BCUT2D eigenvalue weighted by molar-refractivity contribution is 6.88. The molecule has 0 aliphatic heterocycles. The standard InChI is InChI=1S/C13H20OSi/c1-5-9-15(10-6-2,11-7-3)12-8-13(4)14/h5-7,13-14H,1-3,9-11H2,4H3/t13-/m0/s1. The molecule has 0 bridgehead atoms. The van der Waals surface area contributed by atoms with Gasteiger partial charge in [0.15, 0.2) is 0 Å². The normalized spacial score (nSPS) is 12.1. The minimum absolute atomic E-state index is 0.559. The van der Waals surface area contributed by atoms with Crippen LogP contribution in [0.1, 0.15) is 6.92 Å². The van der Waals surface area contributed by atoms with Crippen LogP contribution in [0.4, 0.5) is 0 Å². The minimum atomic E-state index is -1.73. The zero-order valence-electron chi connectivity index (χ0n) is 9.50. The van der Waals surface area contributed by atoms with E-state index in [0.717, 1.165) is 18.1 Å². The quantitative estimate of drug-likeness (QED) is 0.414. The first-order chi connectivity index (χ1) is 7.10. The zero-order valence-corrected chi connectivity index (χ0v) is 10.5. The summed E-state index contributed by atoms with van der Waals surface area (Å²) in [6.07, 6.45) is 5.18. The van der Waals surface area contributed by atoms with E-state index in [9.17, 15) is 5.11 Å². The van der Waals surface area contributed by atoms with Gasteiger partial charge in [-0.15, -0.1) is 25.3 Å². The van der Waals surface area contributed by atoms with Crippen LogP contribution in [0.15, 0.2) is 38.0 Å². The fraction of sp³-hybridized carbons (Fsp3) is 0.385. The van der Waals surface area contributed by atoms with E-state index in [0.29, 0.717) is 0 Å². The van der Waals surface area contributed by atoms with E-state index in [4.69, 9.17) is 0 Å². The minimum Gasteiger partial charge on any atom is -0.381 e. The number of aliphatic hydroxyl groups is 1. The summed E-state index contributed by atoms with van der Waals surface area (Å²) in [7, 11) is -1.73. The van der Waals surface area contributed by atoms with Crippen LogP contribution in [0.3, 0.4) is 0 Å². The van der Waals surface area contributed by atoms with Crippen molar-refractivity contribution in [2.75, 3.05) is 0 Å². The van der Waals surface area contributed by atoms with Gasteiger partial charge in [-0.3, -0.25) is 0 Å². The first kappa shape index (κ1) is 14.0. The fourth-order valence-electron chi connectivity index (χ4n) is 1.49. The molecular formula is C13H20OSi. The van der Waals surface area contributed by atoms with E-state index < -0.39 is 14.2 Å². The monoisotopic (exact) mass is 220 g/mol. The third kappa shape index (κ3) is 5.41. The van der Waals surface area contributed by atoms with Gasteiger partial charge < -0.3 is 5.11 Å². The third-order valence-corrected chi connectivity index (χ3v) is 6.04. The molecule has 82 valence electrons. The Morgan fingerprint density at radius 2 is 1.53 bits per heavy atom. The fourth-order valence-corrected chi connectivity index (χ4v) is 4.47. The van der Waals surface area contributed by atoms with Crippen molar-refractivity contribution in [1.82, 2.24) is 0 Å². The van der Waals surface area contributed by atoms with E-state index in [1.54, 1.807) is 6.92 Å². The van der Waals surface area contributed by atoms with E-state index in [1.165, 1.54) is 0 Å². The average molecular weight is 220 g/mol. The van der Waals surface area contributed by atoms with Crippen LogP contribution in [0.25, 0.3) is 0 Å². The second-order valence-corrected chi connectivity index (χ2v) is 7.74. The second kappa shape index (κ2) is 7.28. The van der Waals surface area contributed by atoms with Crippen LogP contribution in [0.2, 0.25) is 18.1 Å². The third-order valence-electron chi connectivity index (χ3n) is 2.15. The van der Waals surface area contributed by atoms with Crippen molar-refractivity contribution < 1.29 is 5.11 Å². The molecule has 0 rings (SSSR count). The topological polar surface area (TPSA) is 20.2 Å². The number of aliphatic hydroxyl groups excluding tert-OH is 1. The van der Waals surface area contributed by atoms with Crippen LogP contribution in [-0.2, 0) is 0 Å². The van der Waals surface area contributed by atoms with E-state index in [2.05, 4.69) is 31.2 Å². The van der Waals surface area contributed by atoms with Gasteiger partial charge in [0.25, 0.3) is 0 Å². The van der Waals surface area contributed by atoms with Gasteiger partial charge in [-0.1, -0.05) is 24.1 Å². The van der Waals surface area contributed by atoms with Gasteiger partial charge in [0.05, 0.1) is 0 Å². The predicted molar refractivity (Wildman–Crippen MR) is 70.2 cm³/mol. The van der Waals surface area contributed by atoms with Crippen LogP contribution < -0.4 is 0 Å². The lowest BCUT2D eigenvalue weighted by molar-refractivity contribution is 0.253. The van der Waals surface area contributed by atoms with Gasteiger partial charge in [-0.05, 0) is 25.1 Å². The molecule has 15 heavy (non-hydrogen) atoms. The Morgan fingerprint density at radius 3 is 1.80 bits per heavy atom. The van der Waals surface area contributed by atoms with Gasteiger partial charge in [0.2, 0.25) is 0 Å². The number of allylic oxidation sites excluding steroid dienone is 3. The van der Waals surface area contributed by atoms with Crippen molar-refractivity contribution in [3.63, 3.8) is 0 Å². The Morgan fingerprint density at radius 1 is 1.13 bits per heavy atom. The lowest BCUT2D eigenvalue weighted by Crippen LogP contribution is -2.30. The van der Waals surface area contributed by atoms with Crippen molar-refractivity contribution in [2.45, 2.75) is 31.2 Å². The molecule has 0 radical (unpaired) electrons. The summed E-state index contributed by atoms with van der Waals surface area (Å²) in [5.41, 5.74) is 3.26. The highest BCUT2D eigenvalue weighted by atomic mass is 28.3. The van der Waals surface area contributed by atoms with Gasteiger partial charge in [-0.25, -0.2) is 0 Å². The molecular weight excluding hydrogens is 200 g/mol. The van der Waals surface area contributed by atoms with E-state index in [-0.39, 0.29) is 0 Å². The van der Waals surface area contributed by atoms with E-state index >= 15 is 0 Å². The number of hydrogen-bond acceptors (Lipinski definition) is 1. The summed E-state index contributed by atoms with van der Waals surface area (Å²) in [4.78, 5) is 0. The second-order valence-electron chi connectivity index (χ2n) is 3.70. The molecule has 0 heterocycles. The Kier molecular flexibility index (Phi) is 6.77. The maximum absolute atomic E-state index is 9.19. The summed E-state index contributed by atoms with van der Waals surface area (Å²) in [6.45, 7) is 13.0. The van der Waals surface area contributed by atoms with Crippen molar-refractivity contribution >= 4 is 8.07 Å².